The summed E-state index contributed by atoms with van der Waals surface area (Å²) in [4.78, 5) is 27.2. The van der Waals surface area contributed by atoms with Crippen molar-refractivity contribution >= 4 is 11.9 Å². The summed E-state index contributed by atoms with van der Waals surface area (Å²) in [6.45, 7) is 4.70. The van der Waals surface area contributed by atoms with E-state index in [0.29, 0.717) is 38.2 Å². The van der Waals surface area contributed by atoms with Gasteiger partial charge in [0, 0.05) is 32.8 Å². The van der Waals surface area contributed by atoms with E-state index in [1.165, 1.54) is 0 Å². The second-order valence-electron chi connectivity index (χ2n) is 5.52. The normalized spacial score (nSPS) is 27.2. The molecule has 0 atom stereocenters. The number of carbonyl (C=O) groups is 2. The number of nitrogens with zero attached hydrogens (tertiary/aromatic N) is 2. The van der Waals surface area contributed by atoms with E-state index in [2.05, 4.69) is 12.2 Å². The van der Waals surface area contributed by atoms with E-state index in [0.717, 1.165) is 12.8 Å². The zero-order valence-electron chi connectivity index (χ0n) is 11.7. The fraction of sp³-hybridized carbons (Fsp3) is 0.846. The highest BCUT2D eigenvalue weighted by molar-refractivity contribution is 5.85. The molecule has 1 heterocycles. The number of piperazine rings is 1. The molecule has 1 aliphatic carbocycles. The van der Waals surface area contributed by atoms with Crippen molar-refractivity contribution in [2.75, 3.05) is 39.9 Å². The Morgan fingerprint density at radius 3 is 2.74 bits per heavy atom. The van der Waals surface area contributed by atoms with Crippen LogP contribution in [0.4, 0.5) is 4.79 Å². The second-order valence-corrected chi connectivity index (χ2v) is 5.52. The van der Waals surface area contributed by atoms with E-state index < -0.39 is 0 Å². The maximum atomic E-state index is 12.0. The lowest BCUT2D eigenvalue weighted by Crippen LogP contribution is -2.57. The maximum absolute atomic E-state index is 12.0. The fourth-order valence-corrected chi connectivity index (χ4v) is 2.61. The number of urea groups is 1. The maximum Gasteiger partial charge on any atom is 0.318 e. The van der Waals surface area contributed by atoms with Crippen molar-refractivity contribution in [2.24, 2.45) is 5.92 Å². The average Bonchev–Trinajstić information content (AvgIpc) is 2.35. The van der Waals surface area contributed by atoms with Gasteiger partial charge in [0.15, 0.2) is 0 Å². The van der Waals surface area contributed by atoms with Gasteiger partial charge < -0.3 is 19.9 Å². The van der Waals surface area contributed by atoms with Crippen LogP contribution in [0.2, 0.25) is 0 Å². The number of rotatable bonds is 4. The Morgan fingerprint density at radius 1 is 1.42 bits per heavy atom. The largest absolute Gasteiger partial charge is 0.383 e. The lowest BCUT2D eigenvalue weighted by molar-refractivity contribution is -0.135. The van der Waals surface area contributed by atoms with Crippen molar-refractivity contribution in [3.05, 3.63) is 0 Å². The van der Waals surface area contributed by atoms with Crippen molar-refractivity contribution in [3.8, 4) is 0 Å². The quantitative estimate of drug-likeness (QED) is 0.797. The van der Waals surface area contributed by atoms with Crippen LogP contribution in [0.25, 0.3) is 0 Å². The molecule has 0 unspecified atom stereocenters. The van der Waals surface area contributed by atoms with Crippen LogP contribution in [-0.2, 0) is 9.53 Å². The summed E-state index contributed by atoms with van der Waals surface area (Å²) in [6.07, 6.45) is 2.10. The first-order valence-electron chi connectivity index (χ1n) is 6.92. The fourth-order valence-electron chi connectivity index (χ4n) is 2.61. The van der Waals surface area contributed by atoms with E-state index in [9.17, 15) is 9.59 Å². The third-order valence-corrected chi connectivity index (χ3v) is 3.87. The highest BCUT2D eigenvalue weighted by Crippen LogP contribution is 2.26. The van der Waals surface area contributed by atoms with Crippen LogP contribution < -0.4 is 5.32 Å². The number of amides is 3. The predicted molar refractivity (Wildman–Crippen MR) is 70.7 cm³/mol. The smallest absolute Gasteiger partial charge is 0.318 e. The molecule has 1 saturated heterocycles. The first kappa shape index (κ1) is 14.1. The zero-order valence-corrected chi connectivity index (χ0v) is 11.7. The Bertz CT molecular complexity index is 342. The molecule has 0 aromatic carbocycles. The molecule has 0 radical (unpaired) electrons. The Kier molecular flexibility index (Phi) is 4.63. The molecule has 1 saturated carbocycles. The van der Waals surface area contributed by atoms with Gasteiger partial charge in [-0.05, 0) is 18.8 Å². The third kappa shape index (κ3) is 3.59. The van der Waals surface area contributed by atoms with Gasteiger partial charge in [-0.2, -0.15) is 0 Å². The van der Waals surface area contributed by atoms with Gasteiger partial charge in [-0.25, -0.2) is 4.79 Å². The first-order valence-corrected chi connectivity index (χ1v) is 6.92. The van der Waals surface area contributed by atoms with E-state index in [1.807, 2.05) is 0 Å². The summed E-state index contributed by atoms with van der Waals surface area (Å²) < 4.78 is 4.97. The summed E-state index contributed by atoms with van der Waals surface area (Å²) in [7, 11) is 1.62. The van der Waals surface area contributed by atoms with E-state index in [1.54, 1.807) is 16.9 Å². The van der Waals surface area contributed by atoms with Crippen LogP contribution >= 0.6 is 0 Å². The van der Waals surface area contributed by atoms with Crippen molar-refractivity contribution in [1.29, 1.82) is 0 Å². The standard InChI is InChI=1S/C13H23N3O3/c1-10-7-11(8-10)14-13(18)16-4-3-15(5-6-19-2)12(17)9-16/h10-11H,3-9H2,1-2H3,(H,14,18). The van der Waals surface area contributed by atoms with Gasteiger partial charge in [-0.15, -0.1) is 0 Å². The van der Waals surface area contributed by atoms with Crippen LogP contribution in [0.15, 0.2) is 0 Å². The van der Waals surface area contributed by atoms with Crippen LogP contribution in [-0.4, -0.2) is 67.7 Å². The SMILES string of the molecule is COCCN1CCN(C(=O)NC2CC(C)C2)CC1=O. The molecule has 2 aliphatic rings. The van der Waals surface area contributed by atoms with Crippen LogP contribution in [0.1, 0.15) is 19.8 Å². The Balaban J connectivity index is 1.74. The topological polar surface area (TPSA) is 61.9 Å². The molecule has 3 amide bonds. The van der Waals surface area contributed by atoms with Gasteiger partial charge in [0.2, 0.25) is 5.91 Å². The molecule has 1 N–H and O–H groups in total. The van der Waals surface area contributed by atoms with Gasteiger partial charge in [0.25, 0.3) is 0 Å². The van der Waals surface area contributed by atoms with Crippen molar-refractivity contribution < 1.29 is 14.3 Å². The number of hydrogen-bond acceptors (Lipinski definition) is 3. The molecule has 2 fully saturated rings. The molecule has 0 spiro atoms. The lowest BCUT2D eigenvalue weighted by Gasteiger charge is -2.38. The van der Waals surface area contributed by atoms with Crippen molar-refractivity contribution in [2.45, 2.75) is 25.8 Å². The van der Waals surface area contributed by atoms with Crippen LogP contribution in [0.3, 0.4) is 0 Å². The minimum absolute atomic E-state index is 0.000396. The first-order chi connectivity index (χ1) is 9.10. The molecule has 1 aliphatic heterocycles. The zero-order chi connectivity index (χ0) is 13.8. The molecular weight excluding hydrogens is 246 g/mol. The minimum Gasteiger partial charge on any atom is -0.383 e. The number of carbonyl (C=O) groups excluding carboxylic acids is 2. The number of methoxy groups -OCH3 is 1. The molecule has 108 valence electrons. The van der Waals surface area contributed by atoms with E-state index >= 15 is 0 Å². The summed E-state index contributed by atoms with van der Waals surface area (Å²) in [5.41, 5.74) is 0. The third-order valence-electron chi connectivity index (χ3n) is 3.87. The van der Waals surface area contributed by atoms with Gasteiger partial charge >= 0.3 is 6.03 Å². The van der Waals surface area contributed by atoms with Gasteiger partial charge in [0.1, 0.15) is 6.54 Å². The van der Waals surface area contributed by atoms with Crippen LogP contribution in [0, 0.1) is 5.92 Å². The van der Waals surface area contributed by atoms with Gasteiger partial charge in [-0.1, -0.05) is 6.92 Å². The molecule has 19 heavy (non-hydrogen) atoms. The van der Waals surface area contributed by atoms with Crippen molar-refractivity contribution in [3.63, 3.8) is 0 Å². The molecule has 0 aromatic heterocycles. The minimum atomic E-state index is -0.100. The van der Waals surface area contributed by atoms with Gasteiger partial charge in [-0.3, -0.25) is 4.79 Å². The van der Waals surface area contributed by atoms with E-state index in [-0.39, 0.29) is 18.5 Å². The van der Waals surface area contributed by atoms with Gasteiger partial charge in [0.05, 0.1) is 6.61 Å². The summed E-state index contributed by atoms with van der Waals surface area (Å²) in [5.74, 6) is 0.707. The van der Waals surface area contributed by atoms with E-state index in [4.69, 9.17) is 4.74 Å². The average molecular weight is 269 g/mol. The highest BCUT2D eigenvalue weighted by Gasteiger charge is 2.31. The highest BCUT2D eigenvalue weighted by atomic mass is 16.5. The molecule has 0 aromatic rings. The lowest BCUT2D eigenvalue weighted by atomic mass is 9.82. The summed E-state index contributed by atoms with van der Waals surface area (Å²) in [6, 6.07) is 0.195. The summed E-state index contributed by atoms with van der Waals surface area (Å²) >= 11 is 0. The monoisotopic (exact) mass is 269 g/mol. The Labute approximate surface area is 114 Å². The number of nitrogens with one attached hydrogen (secondary N) is 1. The molecule has 2 rings (SSSR count). The number of ether oxygens (including phenoxy) is 1. The molecular formula is C13H23N3O3. The Morgan fingerprint density at radius 2 is 2.16 bits per heavy atom. The Hall–Kier alpha value is -1.30. The number of hydrogen-bond donors (Lipinski definition) is 1. The van der Waals surface area contributed by atoms with Crippen molar-refractivity contribution in [1.82, 2.24) is 15.1 Å². The predicted octanol–water partition coefficient (Wildman–Crippen LogP) is 0.285. The summed E-state index contributed by atoms with van der Waals surface area (Å²) in [5, 5.41) is 2.99. The second kappa shape index (κ2) is 6.23. The molecule has 0 bridgehead atoms. The molecule has 6 nitrogen and oxygen atoms in total. The van der Waals surface area contributed by atoms with Crippen LogP contribution in [0.5, 0.6) is 0 Å². The molecule has 6 heteroatoms.